The van der Waals surface area contributed by atoms with Gasteiger partial charge in [0.05, 0.1) is 18.6 Å². The second-order valence-corrected chi connectivity index (χ2v) is 4.30. The molecule has 0 spiro atoms. The first-order valence-electron chi connectivity index (χ1n) is 6.08. The number of carboxylic acid groups (broad SMARTS) is 1. The molecule has 0 heterocycles. The molecule has 0 saturated heterocycles. The Hall–Kier alpha value is -1.10. The minimum Gasteiger partial charge on any atom is -0.481 e. The second kappa shape index (κ2) is 8.98. The highest BCUT2D eigenvalue weighted by Gasteiger charge is 2.16. The summed E-state index contributed by atoms with van der Waals surface area (Å²) in [5.41, 5.74) is 0. The van der Waals surface area contributed by atoms with E-state index in [-0.39, 0.29) is 25.0 Å². The van der Waals surface area contributed by atoms with Crippen LogP contribution in [0.5, 0.6) is 0 Å². The Kier molecular flexibility index (Phi) is 8.40. The second-order valence-electron chi connectivity index (χ2n) is 4.30. The average molecular weight is 245 g/mol. The number of amides is 1. The largest absolute Gasteiger partial charge is 0.481 e. The Morgan fingerprint density at radius 2 is 2.00 bits per heavy atom. The van der Waals surface area contributed by atoms with Crippen LogP contribution >= 0.6 is 0 Å². The smallest absolute Gasteiger partial charge is 0.308 e. The molecule has 0 fully saturated rings. The third-order valence-corrected chi connectivity index (χ3v) is 2.31. The maximum Gasteiger partial charge on any atom is 0.308 e. The molecule has 5 heteroatoms. The third-order valence-electron chi connectivity index (χ3n) is 2.31. The summed E-state index contributed by atoms with van der Waals surface area (Å²) < 4.78 is 5.24. The normalized spacial score (nSPS) is 12.5. The van der Waals surface area contributed by atoms with E-state index < -0.39 is 11.9 Å². The van der Waals surface area contributed by atoms with Crippen LogP contribution in [0.25, 0.3) is 0 Å². The van der Waals surface area contributed by atoms with Crippen molar-refractivity contribution >= 4 is 11.9 Å². The van der Waals surface area contributed by atoms with Crippen LogP contribution in [0.3, 0.4) is 0 Å². The number of ether oxygens (including phenoxy) is 1. The van der Waals surface area contributed by atoms with Gasteiger partial charge in [0.15, 0.2) is 0 Å². The molecular formula is C12H23NO4. The summed E-state index contributed by atoms with van der Waals surface area (Å²) >= 11 is 0. The van der Waals surface area contributed by atoms with Crippen molar-refractivity contribution < 1.29 is 19.4 Å². The van der Waals surface area contributed by atoms with E-state index >= 15 is 0 Å². The first kappa shape index (κ1) is 15.9. The molecule has 0 aliphatic rings. The van der Waals surface area contributed by atoms with Crippen LogP contribution < -0.4 is 5.32 Å². The summed E-state index contributed by atoms with van der Waals surface area (Å²) in [4.78, 5) is 22.2. The van der Waals surface area contributed by atoms with Gasteiger partial charge in [0.2, 0.25) is 5.91 Å². The van der Waals surface area contributed by atoms with Crippen molar-refractivity contribution in [3.05, 3.63) is 0 Å². The molecule has 0 saturated carbocycles. The molecule has 5 nitrogen and oxygen atoms in total. The van der Waals surface area contributed by atoms with E-state index in [0.29, 0.717) is 13.0 Å². The fourth-order valence-corrected chi connectivity index (χ4v) is 1.37. The summed E-state index contributed by atoms with van der Waals surface area (Å²) in [5.74, 6) is -1.51. The van der Waals surface area contributed by atoms with E-state index in [1.807, 2.05) is 20.8 Å². The fourth-order valence-electron chi connectivity index (χ4n) is 1.37. The van der Waals surface area contributed by atoms with Crippen LogP contribution in [0.15, 0.2) is 0 Å². The third kappa shape index (κ3) is 8.68. The molecule has 100 valence electrons. The molecular weight excluding hydrogens is 222 g/mol. The summed E-state index contributed by atoms with van der Waals surface area (Å²) in [6.07, 6.45) is 1.76. The topological polar surface area (TPSA) is 75.6 Å². The maximum atomic E-state index is 11.4. The van der Waals surface area contributed by atoms with Gasteiger partial charge in [-0.3, -0.25) is 9.59 Å². The number of hydrogen-bond donors (Lipinski definition) is 2. The van der Waals surface area contributed by atoms with E-state index in [1.54, 1.807) is 0 Å². The lowest BCUT2D eigenvalue weighted by molar-refractivity contribution is -0.141. The lowest BCUT2D eigenvalue weighted by atomic mass is 10.0. The number of carboxylic acids is 1. The highest BCUT2D eigenvalue weighted by atomic mass is 16.5. The molecule has 1 amide bonds. The minimum atomic E-state index is -0.856. The van der Waals surface area contributed by atoms with Crippen molar-refractivity contribution in [3.63, 3.8) is 0 Å². The Bertz CT molecular complexity index is 241. The number of carbonyl (C=O) groups excluding carboxylic acids is 1. The molecule has 0 bridgehead atoms. The molecule has 0 aliphatic carbocycles. The first-order chi connectivity index (χ1) is 7.97. The van der Waals surface area contributed by atoms with Crippen molar-refractivity contribution in [2.75, 3.05) is 13.2 Å². The van der Waals surface area contributed by atoms with Gasteiger partial charge in [0, 0.05) is 13.0 Å². The number of rotatable bonds is 9. The van der Waals surface area contributed by atoms with Gasteiger partial charge in [-0.1, -0.05) is 13.3 Å². The SMILES string of the molecule is CCCC(CNC(=O)CCOC(C)C)C(=O)O. The van der Waals surface area contributed by atoms with Crippen LogP contribution in [-0.4, -0.2) is 36.2 Å². The molecule has 17 heavy (non-hydrogen) atoms. The predicted octanol–water partition coefficient (Wildman–Crippen LogP) is 1.42. The number of aliphatic carboxylic acids is 1. The van der Waals surface area contributed by atoms with Gasteiger partial charge in [-0.2, -0.15) is 0 Å². The monoisotopic (exact) mass is 245 g/mol. The van der Waals surface area contributed by atoms with Crippen LogP contribution in [0.4, 0.5) is 0 Å². The quantitative estimate of drug-likeness (QED) is 0.644. The van der Waals surface area contributed by atoms with Crippen LogP contribution in [0.1, 0.15) is 40.0 Å². The number of hydrogen-bond acceptors (Lipinski definition) is 3. The molecule has 1 unspecified atom stereocenters. The Morgan fingerprint density at radius 3 is 2.47 bits per heavy atom. The average Bonchev–Trinajstić information content (AvgIpc) is 2.23. The van der Waals surface area contributed by atoms with Gasteiger partial charge < -0.3 is 15.2 Å². The highest BCUT2D eigenvalue weighted by molar-refractivity contribution is 5.77. The van der Waals surface area contributed by atoms with Gasteiger partial charge in [-0.05, 0) is 20.3 Å². The zero-order valence-electron chi connectivity index (χ0n) is 10.9. The van der Waals surface area contributed by atoms with Crippen molar-refractivity contribution in [1.29, 1.82) is 0 Å². The molecule has 0 aromatic rings. The zero-order chi connectivity index (χ0) is 13.3. The summed E-state index contributed by atoms with van der Waals surface area (Å²) in [5, 5.41) is 11.5. The highest BCUT2D eigenvalue weighted by Crippen LogP contribution is 2.05. The number of carbonyl (C=O) groups is 2. The minimum absolute atomic E-state index is 0.106. The van der Waals surface area contributed by atoms with Gasteiger partial charge in [-0.25, -0.2) is 0 Å². The lowest BCUT2D eigenvalue weighted by Gasteiger charge is -2.12. The molecule has 2 N–H and O–H groups in total. The first-order valence-corrected chi connectivity index (χ1v) is 6.08. The predicted molar refractivity (Wildman–Crippen MR) is 64.7 cm³/mol. The number of nitrogens with one attached hydrogen (secondary N) is 1. The van der Waals surface area contributed by atoms with E-state index in [2.05, 4.69) is 5.32 Å². The molecule has 1 atom stereocenters. The van der Waals surface area contributed by atoms with E-state index in [0.717, 1.165) is 6.42 Å². The van der Waals surface area contributed by atoms with Crippen LogP contribution in [0.2, 0.25) is 0 Å². The Balaban J connectivity index is 3.76. The van der Waals surface area contributed by atoms with Crippen LogP contribution in [0, 0.1) is 5.92 Å². The molecule has 0 radical (unpaired) electrons. The van der Waals surface area contributed by atoms with E-state index in [9.17, 15) is 9.59 Å². The van der Waals surface area contributed by atoms with Gasteiger partial charge >= 0.3 is 5.97 Å². The maximum absolute atomic E-state index is 11.4. The van der Waals surface area contributed by atoms with Gasteiger partial charge in [0.25, 0.3) is 0 Å². The summed E-state index contributed by atoms with van der Waals surface area (Å²) in [6.45, 7) is 6.30. The van der Waals surface area contributed by atoms with Crippen LogP contribution in [-0.2, 0) is 14.3 Å². The fraction of sp³-hybridized carbons (Fsp3) is 0.833. The van der Waals surface area contributed by atoms with E-state index in [1.165, 1.54) is 0 Å². The van der Waals surface area contributed by atoms with E-state index in [4.69, 9.17) is 9.84 Å². The van der Waals surface area contributed by atoms with Crippen molar-refractivity contribution in [2.24, 2.45) is 5.92 Å². The Morgan fingerprint density at radius 1 is 1.35 bits per heavy atom. The van der Waals surface area contributed by atoms with Crippen molar-refractivity contribution in [3.8, 4) is 0 Å². The zero-order valence-corrected chi connectivity index (χ0v) is 10.9. The summed E-state index contributed by atoms with van der Waals surface area (Å²) in [6, 6.07) is 0. The molecule has 0 aliphatic heterocycles. The molecule has 0 aromatic heterocycles. The van der Waals surface area contributed by atoms with Crippen molar-refractivity contribution in [2.45, 2.75) is 46.1 Å². The standard InChI is InChI=1S/C12H23NO4/c1-4-5-10(12(15)16)8-13-11(14)6-7-17-9(2)3/h9-10H,4-8H2,1-3H3,(H,13,14)(H,15,16). The van der Waals surface area contributed by atoms with Crippen molar-refractivity contribution in [1.82, 2.24) is 5.32 Å². The summed E-state index contributed by atoms with van der Waals surface area (Å²) in [7, 11) is 0. The molecule has 0 rings (SSSR count). The lowest BCUT2D eigenvalue weighted by Crippen LogP contribution is -2.33. The Labute approximate surface area is 103 Å². The van der Waals surface area contributed by atoms with Gasteiger partial charge in [-0.15, -0.1) is 0 Å². The van der Waals surface area contributed by atoms with Gasteiger partial charge in [0.1, 0.15) is 0 Å². The molecule has 0 aromatic carbocycles.